The lowest BCUT2D eigenvalue weighted by Gasteiger charge is -2.24. The van der Waals surface area contributed by atoms with Gasteiger partial charge in [0, 0.05) is 29.5 Å². The van der Waals surface area contributed by atoms with Crippen LogP contribution >= 0.6 is 11.8 Å². The van der Waals surface area contributed by atoms with Gasteiger partial charge in [0.05, 0.1) is 18.4 Å². The van der Waals surface area contributed by atoms with Gasteiger partial charge in [0.15, 0.2) is 6.07 Å². The fourth-order valence-corrected chi connectivity index (χ4v) is 4.40. The summed E-state index contributed by atoms with van der Waals surface area (Å²) in [6.07, 6.45) is 1.80. The standard InChI is InChI=1S/C18H21N5O3S/c1-10-6-12(26-2)7-14(21-10)22-17-13(8-19)23(25)18(24)15(16(17)20)11-4-3-5-27-9-11/h6-7,11,24H,3-5,9,20H2,1-2H3,(H,21,22). The lowest BCUT2D eigenvalue weighted by Crippen LogP contribution is -2.34. The van der Waals surface area contributed by atoms with Crippen LogP contribution in [0.25, 0.3) is 0 Å². The number of aromatic hydroxyl groups is 1. The molecule has 0 amide bonds. The molecule has 27 heavy (non-hydrogen) atoms. The smallest absolute Gasteiger partial charge is 0.383 e. The first-order valence-corrected chi connectivity index (χ1v) is 9.67. The molecule has 142 valence electrons. The maximum atomic E-state index is 12.5. The molecule has 0 spiro atoms. The number of nitrogen functional groups attached to an aromatic ring is 1. The zero-order chi connectivity index (χ0) is 19.6. The highest BCUT2D eigenvalue weighted by molar-refractivity contribution is 7.99. The van der Waals surface area contributed by atoms with Crippen molar-refractivity contribution in [1.29, 1.82) is 5.26 Å². The minimum Gasteiger partial charge on any atom is -0.615 e. The fraction of sp³-hybridized carbons (Fsp3) is 0.389. The van der Waals surface area contributed by atoms with Crippen molar-refractivity contribution in [1.82, 2.24) is 4.98 Å². The number of anilines is 3. The molecule has 1 aliphatic rings. The Kier molecular flexibility index (Phi) is 5.46. The van der Waals surface area contributed by atoms with Crippen molar-refractivity contribution >= 4 is 29.0 Å². The van der Waals surface area contributed by atoms with Gasteiger partial charge in [-0.15, -0.1) is 4.73 Å². The van der Waals surface area contributed by atoms with Crippen molar-refractivity contribution in [3.63, 3.8) is 0 Å². The molecule has 8 nitrogen and oxygen atoms in total. The number of nitrogens with two attached hydrogens (primary N) is 1. The predicted molar refractivity (Wildman–Crippen MR) is 104 cm³/mol. The summed E-state index contributed by atoms with van der Waals surface area (Å²) in [5.74, 6) is 2.24. The number of aromatic nitrogens is 2. The van der Waals surface area contributed by atoms with E-state index in [2.05, 4.69) is 10.3 Å². The molecule has 1 aliphatic heterocycles. The summed E-state index contributed by atoms with van der Waals surface area (Å²) in [6.45, 7) is 1.80. The van der Waals surface area contributed by atoms with Crippen LogP contribution in [0.3, 0.4) is 0 Å². The lowest BCUT2D eigenvalue weighted by atomic mass is 9.94. The number of pyridine rings is 2. The SMILES string of the molecule is COc1cc(C)nc(Nc2c(N)c(C3CCCSC3)c(O)[n+]([O-])c2C#N)c1. The number of methoxy groups -OCH3 is 1. The quantitative estimate of drug-likeness (QED) is 0.539. The molecule has 1 fully saturated rings. The van der Waals surface area contributed by atoms with Gasteiger partial charge < -0.3 is 26.1 Å². The van der Waals surface area contributed by atoms with Gasteiger partial charge in [-0.1, -0.05) is 0 Å². The molecule has 3 heterocycles. The molecule has 1 atom stereocenters. The third-order valence-corrected chi connectivity index (χ3v) is 5.74. The maximum absolute atomic E-state index is 12.5. The van der Waals surface area contributed by atoms with Crippen LogP contribution in [0.2, 0.25) is 0 Å². The molecule has 0 bridgehead atoms. The van der Waals surface area contributed by atoms with Crippen molar-refractivity contribution in [2.75, 3.05) is 29.7 Å². The molecule has 1 unspecified atom stereocenters. The largest absolute Gasteiger partial charge is 0.615 e. The number of aryl methyl sites for hydroxylation is 1. The molecule has 4 N–H and O–H groups in total. The monoisotopic (exact) mass is 387 g/mol. The second-order valence-electron chi connectivity index (χ2n) is 6.35. The minimum atomic E-state index is -0.503. The Labute approximate surface area is 161 Å². The van der Waals surface area contributed by atoms with Crippen LogP contribution in [0.4, 0.5) is 17.2 Å². The lowest BCUT2D eigenvalue weighted by molar-refractivity contribution is -0.615. The number of hydrogen-bond acceptors (Lipinski definition) is 8. The first kappa shape index (κ1) is 18.9. The molecule has 0 aliphatic carbocycles. The molecule has 0 radical (unpaired) electrons. The molecule has 2 aromatic rings. The number of ether oxygens (including phenoxy) is 1. The Bertz CT molecular complexity index is 907. The second-order valence-corrected chi connectivity index (χ2v) is 7.50. The van der Waals surface area contributed by atoms with Gasteiger partial charge in [0.25, 0.3) is 0 Å². The fourth-order valence-electron chi connectivity index (χ4n) is 3.25. The molecule has 1 saturated heterocycles. The van der Waals surface area contributed by atoms with Gasteiger partial charge in [0.1, 0.15) is 17.3 Å². The van der Waals surface area contributed by atoms with E-state index in [9.17, 15) is 15.6 Å². The first-order valence-electron chi connectivity index (χ1n) is 8.51. The highest BCUT2D eigenvalue weighted by Gasteiger charge is 2.32. The van der Waals surface area contributed by atoms with Gasteiger partial charge in [-0.2, -0.15) is 17.0 Å². The minimum absolute atomic E-state index is 0.0442. The van der Waals surface area contributed by atoms with E-state index < -0.39 is 5.88 Å². The van der Waals surface area contributed by atoms with E-state index in [1.165, 1.54) is 0 Å². The van der Waals surface area contributed by atoms with Gasteiger partial charge in [-0.3, -0.25) is 0 Å². The van der Waals surface area contributed by atoms with Crippen LogP contribution in [0.1, 0.15) is 35.7 Å². The van der Waals surface area contributed by atoms with Crippen molar-refractivity contribution in [2.24, 2.45) is 0 Å². The van der Waals surface area contributed by atoms with Crippen molar-refractivity contribution in [2.45, 2.75) is 25.7 Å². The zero-order valence-corrected chi connectivity index (χ0v) is 16.0. The third kappa shape index (κ3) is 3.66. The van der Waals surface area contributed by atoms with Crippen LogP contribution in [0.5, 0.6) is 11.6 Å². The molecular weight excluding hydrogens is 366 g/mol. The Hall–Kier alpha value is -2.86. The molecular formula is C18H21N5O3S. The average molecular weight is 387 g/mol. The molecule has 0 saturated carbocycles. The Balaban J connectivity index is 2.12. The van der Waals surface area contributed by atoms with E-state index in [1.807, 2.05) is 6.07 Å². The number of hydrogen-bond donors (Lipinski definition) is 3. The van der Waals surface area contributed by atoms with E-state index in [-0.39, 0.29) is 27.7 Å². The van der Waals surface area contributed by atoms with E-state index in [0.717, 1.165) is 24.3 Å². The summed E-state index contributed by atoms with van der Waals surface area (Å²) in [6, 6.07) is 5.23. The molecule has 3 rings (SSSR count). The summed E-state index contributed by atoms with van der Waals surface area (Å²) >= 11 is 1.76. The van der Waals surface area contributed by atoms with Crippen molar-refractivity contribution in [3.8, 4) is 17.7 Å². The second kappa shape index (κ2) is 7.80. The van der Waals surface area contributed by atoms with E-state index in [4.69, 9.17) is 10.5 Å². The number of nitrogens with zero attached hydrogens (tertiary/aromatic N) is 3. The summed E-state index contributed by atoms with van der Waals surface area (Å²) in [5.41, 5.74) is 7.45. The molecule has 2 aromatic heterocycles. The number of thioether (sulfide) groups is 1. The first-order chi connectivity index (χ1) is 13.0. The van der Waals surface area contributed by atoms with Crippen LogP contribution in [0, 0.1) is 23.5 Å². The Morgan fingerprint density at radius 1 is 1.52 bits per heavy atom. The van der Waals surface area contributed by atoms with Gasteiger partial charge >= 0.3 is 11.6 Å². The van der Waals surface area contributed by atoms with E-state index in [1.54, 1.807) is 37.9 Å². The predicted octanol–water partition coefficient (Wildman–Crippen LogP) is 2.55. The van der Waals surface area contributed by atoms with Crippen LogP contribution < -0.4 is 20.5 Å². The Morgan fingerprint density at radius 2 is 2.30 bits per heavy atom. The zero-order valence-electron chi connectivity index (χ0n) is 15.2. The third-order valence-electron chi connectivity index (χ3n) is 4.52. The normalized spacial score (nSPS) is 16.6. The van der Waals surface area contributed by atoms with E-state index in [0.29, 0.717) is 22.8 Å². The van der Waals surface area contributed by atoms with Gasteiger partial charge in [-0.25, -0.2) is 4.98 Å². The summed E-state index contributed by atoms with van der Waals surface area (Å²) in [5, 5.41) is 35.4. The van der Waals surface area contributed by atoms with Crippen LogP contribution in [-0.4, -0.2) is 28.7 Å². The molecule has 9 heteroatoms. The maximum Gasteiger partial charge on any atom is 0.383 e. The topological polar surface area (TPSA) is 131 Å². The van der Waals surface area contributed by atoms with Crippen LogP contribution in [-0.2, 0) is 0 Å². The van der Waals surface area contributed by atoms with Gasteiger partial charge in [-0.05, 0) is 25.5 Å². The van der Waals surface area contributed by atoms with Crippen molar-refractivity contribution < 1.29 is 14.6 Å². The van der Waals surface area contributed by atoms with Crippen LogP contribution in [0.15, 0.2) is 12.1 Å². The summed E-state index contributed by atoms with van der Waals surface area (Å²) < 4.78 is 5.47. The summed E-state index contributed by atoms with van der Waals surface area (Å²) in [7, 11) is 1.54. The summed E-state index contributed by atoms with van der Waals surface area (Å²) in [4.78, 5) is 4.35. The number of nitrogens with one attached hydrogen (secondary N) is 1. The number of nitriles is 1. The average Bonchev–Trinajstić information content (AvgIpc) is 2.67. The van der Waals surface area contributed by atoms with Crippen molar-refractivity contribution in [3.05, 3.63) is 34.3 Å². The Morgan fingerprint density at radius 3 is 2.93 bits per heavy atom. The van der Waals surface area contributed by atoms with Gasteiger partial charge in [0.2, 0.25) is 0 Å². The highest BCUT2D eigenvalue weighted by atomic mass is 32.2. The number of rotatable bonds is 4. The highest BCUT2D eigenvalue weighted by Crippen LogP contribution is 2.42. The molecule has 0 aromatic carbocycles. The van der Waals surface area contributed by atoms with E-state index >= 15 is 0 Å².